The fraction of sp³-hybridized carbons (Fsp3) is 0.0476. The van der Waals surface area contributed by atoms with Gasteiger partial charge in [0.25, 0.3) is 5.91 Å². The van der Waals surface area contributed by atoms with Crippen molar-refractivity contribution in [2.75, 3.05) is 5.01 Å². The summed E-state index contributed by atoms with van der Waals surface area (Å²) in [5.41, 5.74) is 2.58. The van der Waals surface area contributed by atoms with Crippen LogP contribution < -0.4 is 5.01 Å². The van der Waals surface area contributed by atoms with Gasteiger partial charge < -0.3 is 4.42 Å². The average Bonchev–Trinajstić information content (AvgIpc) is 3.22. The van der Waals surface area contributed by atoms with E-state index in [9.17, 15) is 4.79 Å². The van der Waals surface area contributed by atoms with Gasteiger partial charge in [0.15, 0.2) is 0 Å². The predicted molar refractivity (Wildman–Crippen MR) is 109 cm³/mol. The Morgan fingerprint density at radius 1 is 1.04 bits per heavy atom. The van der Waals surface area contributed by atoms with E-state index in [2.05, 4.69) is 5.10 Å². The number of hydrogen-bond donors (Lipinski definition) is 0. The Balaban J connectivity index is 1.64. The molecule has 0 fully saturated rings. The van der Waals surface area contributed by atoms with Crippen molar-refractivity contribution >= 4 is 46.6 Å². The largest absolute Gasteiger partial charge is 0.457 e. The fourth-order valence-electron chi connectivity index (χ4n) is 2.84. The molecule has 2 heterocycles. The normalized spacial score (nSPS) is 15.5. The molecule has 1 aromatic heterocycles. The lowest BCUT2D eigenvalue weighted by molar-refractivity contribution is -0.114. The maximum atomic E-state index is 12.8. The van der Waals surface area contributed by atoms with Gasteiger partial charge in [-0.1, -0.05) is 41.4 Å². The van der Waals surface area contributed by atoms with Crippen molar-refractivity contribution in [3.05, 3.63) is 82.0 Å². The molecule has 1 amide bonds. The second kappa shape index (κ2) is 7.06. The monoisotopic (exact) mass is 396 g/mol. The van der Waals surface area contributed by atoms with Gasteiger partial charge in [0.2, 0.25) is 0 Å². The molecule has 27 heavy (non-hydrogen) atoms. The van der Waals surface area contributed by atoms with Gasteiger partial charge in [-0.3, -0.25) is 4.79 Å². The Hall–Kier alpha value is -2.82. The summed E-state index contributed by atoms with van der Waals surface area (Å²) in [5.74, 6) is 0.952. The standard InChI is InChI=1S/C21H14Cl2N2O2/c1-13-18(21(26)25(24-13)15-5-3-2-4-6-15)12-16-8-10-20(27-16)17-9-7-14(22)11-19(17)23/h2-12H,1H3/b18-12-. The number of benzene rings is 2. The van der Waals surface area contributed by atoms with Crippen molar-refractivity contribution in [2.24, 2.45) is 5.10 Å². The summed E-state index contributed by atoms with van der Waals surface area (Å²) in [6, 6.07) is 18.1. The summed E-state index contributed by atoms with van der Waals surface area (Å²) in [5, 5.41) is 6.81. The average molecular weight is 397 g/mol. The second-order valence-corrected chi connectivity index (χ2v) is 6.87. The third-order valence-corrected chi connectivity index (χ3v) is 4.72. The van der Waals surface area contributed by atoms with Gasteiger partial charge in [0.05, 0.1) is 22.0 Å². The second-order valence-electron chi connectivity index (χ2n) is 6.02. The molecule has 0 saturated carbocycles. The number of hydrogen-bond acceptors (Lipinski definition) is 3. The number of rotatable bonds is 3. The smallest absolute Gasteiger partial charge is 0.280 e. The lowest BCUT2D eigenvalue weighted by Crippen LogP contribution is -2.21. The van der Waals surface area contributed by atoms with Crippen LogP contribution in [0.25, 0.3) is 17.4 Å². The lowest BCUT2D eigenvalue weighted by atomic mass is 10.1. The van der Waals surface area contributed by atoms with Crippen molar-refractivity contribution in [2.45, 2.75) is 6.92 Å². The maximum absolute atomic E-state index is 12.8. The van der Waals surface area contributed by atoms with Gasteiger partial charge in [-0.25, -0.2) is 0 Å². The van der Waals surface area contributed by atoms with Gasteiger partial charge in [-0.05, 0) is 55.5 Å². The topological polar surface area (TPSA) is 45.8 Å². The maximum Gasteiger partial charge on any atom is 0.280 e. The molecular weight excluding hydrogens is 383 g/mol. The number of furan rings is 1. The summed E-state index contributed by atoms with van der Waals surface area (Å²) in [6.07, 6.45) is 1.69. The van der Waals surface area contributed by atoms with E-state index >= 15 is 0 Å². The Morgan fingerprint density at radius 2 is 1.81 bits per heavy atom. The summed E-state index contributed by atoms with van der Waals surface area (Å²) in [7, 11) is 0. The minimum atomic E-state index is -0.193. The molecule has 4 rings (SSSR count). The molecule has 0 bridgehead atoms. The molecule has 0 spiro atoms. The van der Waals surface area contributed by atoms with Gasteiger partial charge >= 0.3 is 0 Å². The number of halogens is 2. The molecular formula is C21H14Cl2N2O2. The van der Waals surface area contributed by atoms with E-state index in [-0.39, 0.29) is 5.91 Å². The molecule has 0 saturated heterocycles. The fourth-order valence-corrected chi connectivity index (χ4v) is 3.34. The van der Waals surface area contributed by atoms with E-state index < -0.39 is 0 Å². The van der Waals surface area contributed by atoms with Crippen molar-refractivity contribution in [1.29, 1.82) is 0 Å². The first kappa shape index (κ1) is 17.6. The summed E-state index contributed by atoms with van der Waals surface area (Å²) in [4.78, 5) is 12.8. The zero-order valence-corrected chi connectivity index (χ0v) is 15.8. The Morgan fingerprint density at radius 3 is 2.56 bits per heavy atom. The van der Waals surface area contributed by atoms with Crippen LogP contribution in [0.4, 0.5) is 5.69 Å². The molecule has 0 atom stereocenters. The Bertz CT molecular complexity index is 1080. The molecule has 0 aliphatic carbocycles. The zero-order chi connectivity index (χ0) is 19.0. The Labute approximate surface area is 166 Å². The highest BCUT2D eigenvalue weighted by Crippen LogP contribution is 2.32. The number of anilines is 1. The zero-order valence-electron chi connectivity index (χ0n) is 14.3. The highest BCUT2D eigenvalue weighted by atomic mass is 35.5. The third-order valence-electron chi connectivity index (χ3n) is 4.17. The first-order chi connectivity index (χ1) is 13.0. The Kier molecular flexibility index (Phi) is 4.60. The number of hydrazone groups is 1. The predicted octanol–water partition coefficient (Wildman–Crippen LogP) is 6.06. The molecule has 4 nitrogen and oxygen atoms in total. The van der Waals surface area contributed by atoms with Gasteiger partial charge in [0.1, 0.15) is 11.5 Å². The number of carbonyl (C=O) groups excluding carboxylic acids is 1. The van der Waals surface area contributed by atoms with Crippen LogP contribution in [0.5, 0.6) is 0 Å². The molecule has 1 aliphatic heterocycles. The van der Waals surface area contributed by atoms with Crippen LogP contribution in [0, 0.1) is 0 Å². The van der Waals surface area contributed by atoms with E-state index in [1.165, 1.54) is 5.01 Å². The van der Waals surface area contributed by atoms with Gasteiger partial charge in [-0.2, -0.15) is 10.1 Å². The molecule has 1 aliphatic rings. The third kappa shape index (κ3) is 3.42. The molecule has 2 aromatic carbocycles. The van der Waals surface area contributed by atoms with E-state index in [0.29, 0.717) is 32.9 Å². The molecule has 6 heteroatoms. The van der Waals surface area contributed by atoms with Crippen LogP contribution in [-0.2, 0) is 4.79 Å². The van der Waals surface area contributed by atoms with Crippen LogP contribution in [0.3, 0.4) is 0 Å². The molecule has 0 N–H and O–H groups in total. The van der Waals surface area contributed by atoms with Crippen LogP contribution in [0.15, 0.2) is 75.8 Å². The highest BCUT2D eigenvalue weighted by Gasteiger charge is 2.28. The van der Waals surface area contributed by atoms with Crippen molar-refractivity contribution < 1.29 is 9.21 Å². The molecule has 3 aromatic rings. The van der Waals surface area contributed by atoms with Crippen LogP contribution in [0.2, 0.25) is 10.0 Å². The van der Waals surface area contributed by atoms with Crippen molar-refractivity contribution in [1.82, 2.24) is 0 Å². The number of carbonyl (C=O) groups is 1. The first-order valence-electron chi connectivity index (χ1n) is 8.25. The van der Waals surface area contributed by atoms with E-state index in [1.807, 2.05) is 36.4 Å². The van der Waals surface area contributed by atoms with Crippen LogP contribution >= 0.6 is 23.2 Å². The quantitative estimate of drug-likeness (QED) is 0.505. The van der Waals surface area contributed by atoms with E-state index in [0.717, 1.165) is 11.3 Å². The highest BCUT2D eigenvalue weighted by molar-refractivity contribution is 6.36. The van der Waals surface area contributed by atoms with Crippen LogP contribution in [0.1, 0.15) is 12.7 Å². The first-order valence-corrected chi connectivity index (χ1v) is 9.00. The van der Waals surface area contributed by atoms with Crippen molar-refractivity contribution in [3.8, 4) is 11.3 Å². The number of nitrogens with zero attached hydrogens (tertiary/aromatic N) is 2. The summed E-state index contributed by atoms with van der Waals surface area (Å²) in [6.45, 7) is 1.80. The van der Waals surface area contributed by atoms with Crippen LogP contribution in [-0.4, -0.2) is 11.6 Å². The number of amides is 1. The summed E-state index contributed by atoms with van der Waals surface area (Å²) < 4.78 is 5.86. The van der Waals surface area contributed by atoms with Gasteiger partial charge in [0, 0.05) is 10.6 Å². The SMILES string of the molecule is CC1=NN(c2ccccc2)C(=O)/C1=C\c1ccc(-c2ccc(Cl)cc2Cl)o1. The van der Waals surface area contributed by atoms with Crippen molar-refractivity contribution in [3.63, 3.8) is 0 Å². The number of para-hydroxylation sites is 1. The minimum Gasteiger partial charge on any atom is -0.457 e. The summed E-state index contributed by atoms with van der Waals surface area (Å²) >= 11 is 12.2. The van der Waals surface area contributed by atoms with E-state index in [4.69, 9.17) is 27.6 Å². The molecule has 134 valence electrons. The molecule has 0 unspecified atom stereocenters. The van der Waals surface area contributed by atoms with Gasteiger partial charge in [-0.15, -0.1) is 0 Å². The lowest BCUT2D eigenvalue weighted by Gasteiger charge is -2.10. The van der Waals surface area contributed by atoms with E-state index in [1.54, 1.807) is 37.3 Å². The molecule has 0 radical (unpaired) electrons. The minimum absolute atomic E-state index is 0.193.